The van der Waals surface area contributed by atoms with Crippen LogP contribution in [0, 0.1) is 11.7 Å². The van der Waals surface area contributed by atoms with Crippen molar-refractivity contribution in [2.45, 2.75) is 19.8 Å². The topological polar surface area (TPSA) is 53.1 Å². The van der Waals surface area contributed by atoms with E-state index in [9.17, 15) is 9.18 Å². The van der Waals surface area contributed by atoms with Crippen molar-refractivity contribution in [3.05, 3.63) is 22.8 Å². The molecule has 0 aromatic carbocycles. The van der Waals surface area contributed by atoms with Crippen LogP contribution in [-0.4, -0.2) is 16.1 Å². The van der Waals surface area contributed by atoms with Gasteiger partial charge in [0.25, 0.3) is 0 Å². The zero-order valence-electron chi connectivity index (χ0n) is 7.22. The molecule has 1 heterocycles. The summed E-state index contributed by atoms with van der Waals surface area (Å²) in [5, 5.41) is 8.62. The van der Waals surface area contributed by atoms with Crippen LogP contribution in [0.25, 0.3) is 0 Å². The summed E-state index contributed by atoms with van der Waals surface area (Å²) in [4.78, 5) is 13.2. The number of H-pyrrole nitrogens is 1. The fourth-order valence-corrected chi connectivity index (χ4v) is 1.87. The lowest BCUT2D eigenvalue weighted by molar-refractivity contribution is 0.0685. The van der Waals surface area contributed by atoms with Crippen LogP contribution >= 0.6 is 0 Å². The quantitative estimate of drug-likeness (QED) is 0.694. The largest absolute Gasteiger partial charge is 0.476 e. The number of hydrogen-bond acceptors (Lipinski definition) is 1. The van der Waals surface area contributed by atoms with Gasteiger partial charge < -0.3 is 10.1 Å². The van der Waals surface area contributed by atoms with Crippen LogP contribution in [-0.2, 0) is 12.8 Å². The number of aromatic amines is 1. The van der Waals surface area contributed by atoms with Gasteiger partial charge in [-0.05, 0) is 18.8 Å². The van der Waals surface area contributed by atoms with E-state index in [1.54, 1.807) is 0 Å². The van der Waals surface area contributed by atoms with Gasteiger partial charge in [-0.15, -0.1) is 0 Å². The third kappa shape index (κ3) is 1.13. The Labute approximate surface area is 74.6 Å². The zero-order valence-corrected chi connectivity index (χ0v) is 7.22. The van der Waals surface area contributed by atoms with Crippen LogP contribution in [0.1, 0.15) is 28.7 Å². The van der Waals surface area contributed by atoms with Crippen molar-refractivity contribution in [3.63, 3.8) is 0 Å². The molecule has 0 bridgehead atoms. The van der Waals surface area contributed by atoms with E-state index < -0.39 is 11.8 Å². The van der Waals surface area contributed by atoms with Gasteiger partial charge in [-0.3, -0.25) is 0 Å². The molecule has 1 aromatic rings. The van der Waals surface area contributed by atoms with Gasteiger partial charge in [-0.25, -0.2) is 9.18 Å². The van der Waals surface area contributed by atoms with Crippen molar-refractivity contribution < 1.29 is 14.3 Å². The SMILES string of the molecule is CC1Cc2[nH]c(C(=O)O)c(F)c2C1. The number of rotatable bonds is 1. The standard InChI is InChI=1S/C9H10FNO2/c1-4-2-5-6(3-4)11-8(7(5)10)9(12)13/h4,11H,2-3H2,1H3,(H,12,13). The molecule has 0 saturated carbocycles. The average Bonchev–Trinajstić information content (AvgIpc) is 2.51. The Hall–Kier alpha value is -1.32. The molecule has 1 atom stereocenters. The zero-order chi connectivity index (χ0) is 9.59. The van der Waals surface area contributed by atoms with Crippen LogP contribution in [0.5, 0.6) is 0 Å². The van der Waals surface area contributed by atoms with E-state index in [1.807, 2.05) is 6.92 Å². The molecule has 13 heavy (non-hydrogen) atoms. The van der Waals surface area contributed by atoms with Crippen LogP contribution in [0.2, 0.25) is 0 Å². The third-order valence-electron chi connectivity index (χ3n) is 2.44. The second kappa shape index (κ2) is 2.58. The van der Waals surface area contributed by atoms with Crippen LogP contribution in [0.3, 0.4) is 0 Å². The van der Waals surface area contributed by atoms with Crippen molar-refractivity contribution in [1.82, 2.24) is 4.98 Å². The summed E-state index contributed by atoms with van der Waals surface area (Å²) < 4.78 is 13.3. The Morgan fingerprint density at radius 3 is 2.85 bits per heavy atom. The van der Waals surface area contributed by atoms with E-state index >= 15 is 0 Å². The van der Waals surface area contributed by atoms with Crippen molar-refractivity contribution >= 4 is 5.97 Å². The molecule has 1 aliphatic rings. The number of fused-ring (bicyclic) bond motifs is 1. The highest BCUT2D eigenvalue weighted by Crippen LogP contribution is 2.29. The second-order valence-corrected chi connectivity index (χ2v) is 3.59. The second-order valence-electron chi connectivity index (χ2n) is 3.59. The molecule has 0 radical (unpaired) electrons. The minimum atomic E-state index is -1.22. The molecule has 0 saturated heterocycles. The lowest BCUT2D eigenvalue weighted by atomic mass is 10.1. The van der Waals surface area contributed by atoms with Crippen LogP contribution < -0.4 is 0 Å². The van der Waals surface area contributed by atoms with Crippen molar-refractivity contribution in [2.75, 3.05) is 0 Å². The van der Waals surface area contributed by atoms with E-state index in [4.69, 9.17) is 5.11 Å². The van der Waals surface area contributed by atoms with E-state index in [-0.39, 0.29) is 5.69 Å². The highest BCUT2D eigenvalue weighted by atomic mass is 19.1. The number of aromatic nitrogens is 1. The first-order chi connectivity index (χ1) is 6.09. The van der Waals surface area contributed by atoms with Gasteiger partial charge in [0.2, 0.25) is 0 Å². The minimum absolute atomic E-state index is 0.295. The Kier molecular flexibility index (Phi) is 1.65. The highest BCUT2D eigenvalue weighted by molar-refractivity contribution is 5.86. The van der Waals surface area contributed by atoms with Gasteiger partial charge in [0.15, 0.2) is 11.5 Å². The first-order valence-electron chi connectivity index (χ1n) is 4.22. The molecular formula is C9H10FNO2. The molecule has 3 nitrogen and oxygen atoms in total. The van der Waals surface area contributed by atoms with Crippen LogP contribution in [0.15, 0.2) is 0 Å². The van der Waals surface area contributed by atoms with Crippen LogP contribution in [0.4, 0.5) is 4.39 Å². The minimum Gasteiger partial charge on any atom is -0.476 e. The molecule has 70 valence electrons. The summed E-state index contributed by atoms with van der Waals surface area (Å²) >= 11 is 0. The lowest BCUT2D eigenvalue weighted by Gasteiger charge is -1.98. The lowest BCUT2D eigenvalue weighted by Crippen LogP contribution is -2.02. The summed E-state index contributed by atoms with van der Waals surface area (Å²) in [6.45, 7) is 2.02. The molecule has 1 unspecified atom stereocenters. The molecule has 2 N–H and O–H groups in total. The smallest absolute Gasteiger partial charge is 0.355 e. The first-order valence-corrected chi connectivity index (χ1v) is 4.22. The molecule has 0 amide bonds. The number of carbonyl (C=O) groups is 1. The fourth-order valence-electron chi connectivity index (χ4n) is 1.87. The Morgan fingerprint density at radius 1 is 1.62 bits per heavy atom. The molecule has 0 fully saturated rings. The predicted octanol–water partition coefficient (Wildman–Crippen LogP) is 1.59. The summed E-state index contributed by atoms with van der Waals surface area (Å²) in [5.41, 5.74) is 1.02. The number of aromatic carboxylic acids is 1. The van der Waals surface area contributed by atoms with E-state index in [1.165, 1.54) is 0 Å². The summed E-state index contributed by atoms with van der Waals surface area (Å²) in [7, 11) is 0. The van der Waals surface area contributed by atoms with E-state index in [2.05, 4.69) is 4.98 Å². The summed E-state index contributed by atoms with van der Waals surface area (Å²) in [6, 6.07) is 0. The van der Waals surface area contributed by atoms with Gasteiger partial charge in [0.05, 0.1) is 0 Å². The predicted molar refractivity (Wildman–Crippen MR) is 44.3 cm³/mol. The van der Waals surface area contributed by atoms with Gasteiger partial charge >= 0.3 is 5.97 Å². The number of hydrogen-bond donors (Lipinski definition) is 2. The summed E-state index contributed by atoms with van der Waals surface area (Å²) in [6.07, 6.45) is 1.39. The molecule has 2 rings (SSSR count). The number of nitrogens with one attached hydrogen (secondary N) is 1. The Bertz CT molecular complexity index is 370. The van der Waals surface area contributed by atoms with Gasteiger partial charge in [0.1, 0.15) is 0 Å². The fraction of sp³-hybridized carbons (Fsp3) is 0.444. The highest BCUT2D eigenvalue weighted by Gasteiger charge is 2.28. The Balaban J connectivity index is 2.47. The molecule has 0 spiro atoms. The summed E-state index contributed by atoms with van der Waals surface area (Å²) in [5.74, 6) is -1.38. The maximum atomic E-state index is 13.3. The van der Waals surface area contributed by atoms with Crippen molar-refractivity contribution in [1.29, 1.82) is 0 Å². The molecule has 0 aliphatic heterocycles. The van der Waals surface area contributed by atoms with Gasteiger partial charge in [-0.1, -0.05) is 6.92 Å². The molecular weight excluding hydrogens is 173 g/mol. The third-order valence-corrected chi connectivity index (χ3v) is 2.44. The number of halogens is 1. The first kappa shape index (κ1) is 8.29. The average molecular weight is 183 g/mol. The van der Waals surface area contributed by atoms with E-state index in [0.29, 0.717) is 17.9 Å². The maximum Gasteiger partial charge on any atom is 0.355 e. The molecule has 1 aliphatic carbocycles. The maximum absolute atomic E-state index is 13.3. The number of carboxylic acid groups (broad SMARTS) is 1. The number of carboxylic acids is 1. The molecule has 4 heteroatoms. The Morgan fingerprint density at radius 2 is 2.31 bits per heavy atom. The van der Waals surface area contributed by atoms with Gasteiger partial charge in [-0.2, -0.15) is 0 Å². The van der Waals surface area contributed by atoms with E-state index in [0.717, 1.165) is 12.1 Å². The normalized spacial score (nSPS) is 20.3. The molecule has 1 aromatic heterocycles. The van der Waals surface area contributed by atoms with Crippen molar-refractivity contribution in [3.8, 4) is 0 Å². The monoisotopic (exact) mass is 183 g/mol. The van der Waals surface area contributed by atoms with Crippen molar-refractivity contribution in [2.24, 2.45) is 5.92 Å². The van der Waals surface area contributed by atoms with Gasteiger partial charge in [0, 0.05) is 11.3 Å².